The van der Waals surface area contributed by atoms with Gasteiger partial charge in [0.05, 0.1) is 0 Å². The standard InChI is InChI=1S/C15H13BrClNO2/c1-10(20-14-4-2-3-12(17)9-14)15(19)18-13-7-5-11(16)6-8-13/h2-10H,1H3,(H,18,19)/t10-/m0/s1. The minimum Gasteiger partial charge on any atom is -0.481 e. The second-order valence-corrected chi connectivity index (χ2v) is 5.57. The Balaban J connectivity index is 1.96. The number of ether oxygens (including phenoxy) is 1. The largest absolute Gasteiger partial charge is 0.481 e. The third-order valence-corrected chi connectivity index (χ3v) is 3.35. The van der Waals surface area contributed by atoms with Gasteiger partial charge in [0.15, 0.2) is 6.10 Å². The molecule has 0 aliphatic heterocycles. The van der Waals surface area contributed by atoms with Crippen LogP contribution in [0.15, 0.2) is 53.0 Å². The van der Waals surface area contributed by atoms with Crippen molar-refractivity contribution in [2.24, 2.45) is 0 Å². The summed E-state index contributed by atoms with van der Waals surface area (Å²) >= 11 is 9.21. The lowest BCUT2D eigenvalue weighted by molar-refractivity contribution is -0.122. The molecule has 0 unspecified atom stereocenters. The van der Waals surface area contributed by atoms with Gasteiger partial charge >= 0.3 is 0 Å². The van der Waals surface area contributed by atoms with E-state index in [0.717, 1.165) is 10.2 Å². The highest BCUT2D eigenvalue weighted by atomic mass is 79.9. The first kappa shape index (κ1) is 14.9. The molecule has 2 aromatic carbocycles. The number of carbonyl (C=O) groups excluding carboxylic acids is 1. The van der Waals surface area contributed by atoms with Crippen molar-refractivity contribution in [2.75, 3.05) is 5.32 Å². The van der Waals surface area contributed by atoms with E-state index in [1.54, 1.807) is 31.2 Å². The van der Waals surface area contributed by atoms with Crippen molar-refractivity contribution in [3.8, 4) is 5.75 Å². The zero-order valence-corrected chi connectivity index (χ0v) is 13.1. The number of amides is 1. The first-order chi connectivity index (χ1) is 9.54. The highest BCUT2D eigenvalue weighted by Crippen LogP contribution is 2.19. The molecule has 5 heteroatoms. The van der Waals surface area contributed by atoms with Crippen molar-refractivity contribution in [3.05, 3.63) is 58.0 Å². The summed E-state index contributed by atoms with van der Waals surface area (Å²) in [5.41, 5.74) is 0.722. The van der Waals surface area contributed by atoms with E-state index in [1.165, 1.54) is 0 Å². The summed E-state index contributed by atoms with van der Waals surface area (Å²) in [6.45, 7) is 1.69. The minimum atomic E-state index is -0.614. The molecule has 104 valence electrons. The van der Waals surface area contributed by atoms with E-state index in [0.29, 0.717) is 10.8 Å². The van der Waals surface area contributed by atoms with Crippen LogP contribution in [-0.2, 0) is 4.79 Å². The van der Waals surface area contributed by atoms with Gasteiger partial charge in [-0.25, -0.2) is 0 Å². The Hall–Kier alpha value is -1.52. The average molecular weight is 355 g/mol. The van der Waals surface area contributed by atoms with E-state index in [4.69, 9.17) is 16.3 Å². The van der Waals surface area contributed by atoms with Crippen LogP contribution in [0.2, 0.25) is 5.02 Å². The van der Waals surface area contributed by atoms with Crippen LogP contribution in [0.25, 0.3) is 0 Å². The number of benzene rings is 2. The van der Waals surface area contributed by atoms with Crippen LogP contribution in [0.5, 0.6) is 5.75 Å². The second-order valence-electron chi connectivity index (χ2n) is 4.21. The van der Waals surface area contributed by atoms with Gasteiger partial charge in [-0.1, -0.05) is 33.6 Å². The zero-order chi connectivity index (χ0) is 14.5. The Kier molecular flexibility index (Phi) is 5.04. The third-order valence-electron chi connectivity index (χ3n) is 2.59. The fourth-order valence-electron chi connectivity index (χ4n) is 1.58. The highest BCUT2D eigenvalue weighted by molar-refractivity contribution is 9.10. The van der Waals surface area contributed by atoms with Gasteiger partial charge in [0.2, 0.25) is 0 Å². The molecule has 2 rings (SSSR count). The molecule has 0 fully saturated rings. The van der Waals surface area contributed by atoms with Crippen molar-refractivity contribution >= 4 is 39.1 Å². The predicted octanol–water partition coefficient (Wildman–Crippen LogP) is 4.51. The molecule has 20 heavy (non-hydrogen) atoms. The Morgan fingerprint density at radius 3 is 2.60 bits per heavy atom. The molecule has 0 aliphatic rings. The van der Waals surface area contributed by atoms with Gasteiger partial charge in [0.1, 0.15) is 5.75 Å². The van der Waals surface area contributed by atoms with Crippen LogP contribution in [-0.4, -0.2) is 12.0 Å². The van der Waals surface area contributed by atoms with Crippen molar-refractivity contribution in [1.29, 1.82) is 0 Å². The average Bonchev–Trinajstić information content (AvgIpc) is 2.41. The van der Waals surface area contributed by atoms with Gasteiger partial charge in [-0.3, -0.25) is 4.79 Å². The number of hydrogen-bond donors (Lipinski definition) is 1. The Labute approximate surface area is 131 Å². The lowest BCUT2D eigenvalue weighted by Gasteiger charge is -2.15. The first-order valence-corrected chi connectivity index (χ1v) is 7.20. The number of halogens is 2. The van der Waals surface area contributed by atoms with Crippen LogP contribution in [0, 0.1) is 0 Å². The SMILES string of the molecule is C[C@H](Oc1cccc(Cl)c1)C(=O)Nc1ccc(Br)cc1. The fraction of sp³-hybridized carbons (Fsp3) is 0.133. The summed E-state index contributed by atoms with van der Waals surface area (Å²) in [6.07, 6.45) is -0.614. The molecule has 0 heterocycles. The maximum absolute atomic E-state index is 12.0. The van der Waals surface area contributed by atoms with Crippen LogP contribution in [0.3, 0.4) is 0 Å². The molecule has 3 nitrogen and oxygen atoms in total. The highest BCUT2D eigenvalue weighted by Gasteiger charge is 2.14. The van der Waals surface area contributed by atoms with E-state index >= 15 is 0 Å². The maximum atomic E-state index is 12.0. The Bertz CT molecular complexity index is 601. The van der Waals surface area contributed by atoms with Gasteiger partial charge in [0, 0.05) is 15.2 Å². The van der Waals surface area contributed by atoms with Gasteiger partial charge in [-0.2, -0.15) is 0 Å². The number of anilines is 1. The summed E-state index contributed by atoms with van der Waals surface area (Å²) in [5, 5.41) is 3.36. The molecule has 1 N–H and O–H groups in total. The van der Waals surface area contributed by atoms with Gasteiger partial charge in [0.25, 0.3) is 5.91 Å². The number of hydrogen-bond acceptors (Lipinski definition) is 2. The smallest absolute Gasteiger partial charge is 0.265 e. The van der Waals surface area contributed by atoms with Crippen molar-refractivity contribution in [1.82, 2.24) is 0 Å². The molecular formula is C15H13BrClNO2. The minimum absolute atomic E-state index is 0.215. The molecule has 0 radical (unpaired) electrons. The molecule has 0 aromatic heterocycles. The van der Waals surface area contributed by atoms with Crippen molar-refractivity contribution < 1.29 is 9.53 Å². The summed E-state index contributed by atoms with van der Waals surface area (Å²) in [6, 6.07) is 14.3. The van der Waals surface area contributed by atoms with Crippen LogP contribution in [0.4, 0.5) is 5.69 Å². The number of carbonyl (C=O) groups is 1. The Morgan fingerprint density at radius 2 is 1.95 bits per heavy atom. The van der Waals surface area contributed by atoms with Crippen LogP contribution < -0.4 is 10.1 Å². The van der Waals surface area contributed by atoms with Crippen molar-refractivity contribution in [2.45, 2.75) is 13.0 Å². The molecule has 2 aromatic rings. The summed E-state index contributed by atoms with van der Waals surface area (Å²) in [5.74, 6) is 0.350. The van der Waals surface area contributed by atoms with Crippen LogP contribution in [0.1, 0.15) is 6.92 Å². The third kappa shape index (κ3) is 4.25. The predicted molar refractivity (Wildman–Crippen MR) is 84.3 cm³/mol. The molecule has 0 saturated carbocycles. The normalized spacial score (nSPS) is 11.8. The maximum Gasteiger partial charge on any atom is 0.265 e. The van der Waals surface area contributed by atoms with E-state index in [1.807, 2.05) is 24.3 Å². The summed E-state index contributed by atoms with van der Waals surface area (Å²) in [7, 11) is 0. The Morgan fingerprint density at radius 1 is 1.25 bits per heavy atom. The van der Waals surface area contributed by atoms with E-state index in [9.17, 15) is 4.79 Å². The fourth-order valence-corrected chi connectivity index (χ4v) is 2.02. The summed E-state index contributed by atoms with van der Waals surface area (Å²) in [4.78, 5) is 12.0. The monoisotopic (exact) mass is 353 g/mol. The van der Waals surface area contributed by atoms with Gasteiger partial charge in [-0.15, -0.1) is 0 Å². The van der Waals surface area contributed by atoms with Crippen molar-refractivity contribution in [3.63, 3.8) is 0 Å². The van der Waals surface area contributed by atoms with Crippen LogP contribution >= 0.6 is 27.5 Å². The number of nitrogens with one attached hydrogen (secondary N) is 1. The molecule has 1 amide bonds. The second kappa shape index (κ2) is 6.77. The summed E-state index contributed by atoms with van der Waals surface area (Å²) < 4.78 is 6.50. The topological polar surface area (TPSA) is 38.3 Å². The van der Waals surface area contributed by atoms with E-state index in [2.05, 4.69) is 21.2 Å². The molecule has 0 saturated heterocycles. The van der Waals surface area contributed by atoms with E-state index < -0.39 is 6.10 Å². The zero-order valence-electron chi connectivity index (χ0n) is 10.8. The number of rotatable bonds is 4. The first-order valence-electron chi connectivity index (χ1n) is 6.03. The lowest BCUT2D eigenvalue weighted by atomic mass is 10.3. The molecule has 0 aliphatic carbocycles. The van der Waals surface area contributed by atoms with E-state index in [-0.39, 0.29) is 5.91 Å². The molecular weight excluding hydrogens is 342 g/mol. The molecule has 1 atom stereocenters. The quantitative estimate of drug-likeness (QED) is 0.877. The molecule has 0 spiro atoms. The lowest BCUT2D eigenvalue weighted by Crippen LogP contribution is -2.30. The van der Waals surface area contributed by atoms with Gasteiger partial charge in [-0.05, 0) is 49.4 Å². The molecule has 0 bridgehead atoms. The van der Waals surface area contributed by atoms with Gasteiger partial charge < -0.3 is 10.1 Å².